The Morgan fingerprint density at radius 3 is 1.93 bits per heavy atom. The average molecular weight is 207 g/mol. The summed E-state index contributed by atoms with van der Waals surface area (Å²) < 4.78 is 0. The third kappa shape index (κ3) is 1.54. The number of rotatable bonds is 3. The van der Waals surface area contributed by atoms with Gasteiger partial charge in [0, 0.05) is 0 Å². The third-order valence-electron chi connectivity index (χ3n) is 5.73. The second-order valence-corrected chi connectivity index (χ2v) is 6.76. The lowest BCUT2D eigenvalue weighted by molar-refractivity contribution is -0.0842. The second kappa shape index (κ2) is 3.48. The van der Waals surface area contributed by atoms with Crippen molar-refractivity contribution in [3.63, 3.8) is 0 Å². The number of hydrogen-bond acceptors (Lipinski definition) is 1. The first kappa shape index (κ1) is 10.1. The highest BCUT2D eigenvalue weighted by atomic mass is 14.6. The van der Waals surface area contributed by atoms with Crippen molar-refractivity contribution in [3.05, 3.63) is 0 Å². The van der Waals surface area contributed by atoms with Crippen molar-refractivity contribution in [2.45, 2.75) is 51.9 Å². The molecule has 0 aliphatic heterocycles. The largest absolute Gasteiger partial charge is 0.330 e. The first-order chi connectivity index (χ1) is 7.22. The summed E-state index contributed by atoms with van der Waals surface area (Å²) in [4.78, 5) is 0. The van der Waals surface area contributed by atoms with Crippen LogP contribution in [0.1, 0.15) is 51.9 Å². The molecule has 1 unspecified atom stereocenters. The van der Waals surface area contributed by atoms with Gasteiger partial charge in [0.15, 0.2) is 0 Å². The minimum Gasteiger partial charge on any atom is -0.330 e. The van der Waals surface area contributed by atoms with Gasteiger partial charge in [-0.25, -0.2) is 0 Å². The molecule has 4 rings (SSSR count). The van der Waals surface area contributed by atoms with E-state index in [4.69, 9.17) is 5.73 Å². The summed E-state index contributed by atoms with van der Waals surface area (Å²) in [5.41, 5.74) is 6.48. The van der Waals surface area contributed by atoms with Gasteiger partial charge in [-0.15, -0.1) is 0 Å². The molecule has 4 bridgehead atoms. The smallest absolute Gasteiger partial charge is 0.00745 e. The minimum absolute atomic E-state index is 0.730. The standard InChI is InChI=1S/C14H25N/c1-10(2-3-15)14-7-11-4-12(8-14)6-13(5-11)9-14/h10-13H,2-9,15H2,1H3. The molecule has 0 spiro atoms. The molecule has 0 amide bonds. The van der Waals surface area contributed by atoms with Crippen LogP contribution >= 0.6 is 0 Å². The van der Waals surface area contributed by atoms with E-state index in [9.17, 15) is 0 Å². The summed E-state index contributed by atoms with van der Waals surface area (Å²) in [5.74, 6) is 4.17. The maximum Gasteiger partial charge on any atom is -0.00745 e. The van der Waals surface area contributed by atoms with Crippen LogP contribution in [0.25, 0.3) is 0 Å². The zero-order valence-corrected chi connectivity index (χ0v) is 10.0. The zero-order valence-electron chi connectivity index (χ0n) is 10.0. The predicted octanol–water partition coefficient (Wildman–Crippen LogP) is 3.19. The van der Waals surface area contributed by atoms with Crippen molar-refractivity contribution in [3.8, 4) is 0 Å². The van der Waals surface area contributed by atoms with Gasteiger partial charge >= 0.3 is 0 Å². The first-order valence-electron chi connectivity index (χ1n) is 6.92. The lowest BCUT2D eigenvalue weighted by atomic mass is 9.46. The maximum atomic E-state index is 5.75. The van der Waals surface area contributed by atoms with Crippen LogP contribution in [0.3, 0.4) is 0 Å². The number of nitrogens with two attached hydrogens (primary N) is 1. The van der Waals surface area contributed by atoms with Crippen molar-refractivity contribution in [2.24, 2.45) is 34.8 Å². The molecule has 15 heavy (non-hydrogen) atoms. The number of hydrogen-bond donors (Lipinski definition) is 1. The zero-order chi connectivity index (χ0) is 10.5. The molecule has 1 heteroatoms. The van der Waals surface area contributed by atoms with E-state index in [1.165, 1.54) is 6.42 Å². The van der Waals surface area contributed by atoms with Gasteiger partial charge in [-0.1, -0.05) is 6.92 Å². The van der Waals surface area contributed by atoms with Crippen molar-refractivity contribution >= 4 is 0 Å². The summed E-state index contributed by atoms with van der Waals surface area (Å²) in [7, 11) is 0. The molecule has 0 radical (unpaired) electrons. The molecule has 0 aromatic heterocycles. The SMILES string of the molecule is CC(CCN)C12CC3CC(CC(C3)C1)C2. The predicted molar refractivity (Wildman–Crippen MR) is 63.4 cm³/mol. The van der Waals surface area contributed by atoms with Gasteiger partial charge in [0.25, 0.3) is 0 Å². The molecular weight excluding hydrogens is 182 g/mol. The topological polar surface area (TPSA) is 26.0 Å². The molecule has 1 atom stereocenters. The summed E-state index contributed by atoms with van der Waals surface area (Å²) in [6.07, 6.45) is 10.6. The normalized spacial score (nSPS) is 49.6. The van der Waals surface area contributed by atoms with E-state index < -0.39 is 0 Å². The fraction of sp³-hybridized carbons (Fsp3) is 1.00. The van der Waals surface area contributed by atoms with E-state index in [0.717, 1.165) is 35.6 Å². The molecule has 0 heterocycles. The Bertz CT molecular complexity index is 210. The van der Waals surface area contributed by atoms with E-state index in [-0.39, 0.29) is 0 Å². The van der Waals surface area contributed by atoms with Gasteiger partial charge in [0.1, 0.15) is 0 Å². The van der Waals surface area contributed by atoms with Crippen LogP contribution in [0, 0.1) is 29.1 Å². The fourth-order valence-corrected chi connectivity index (χ4v) is 5.34. The van der Waals surface area contributed by atoms with E-state index in [1.54, 1.807) is 38.5 Å². The lowest BCUT2D eigenvalue weighted by Gasteiger charge is -2.59. The van der Waals surface area contributed by atoms with Gasteiger partial charge in [-0.2, -0.15) is 0 Å². The van der Waals surface area contributed by atoms with Crippen LogP contribution in [-0.4, -0.2) is 6.54 Å². The van der Waals surface area contributed by atoms with E-state index in [1.807, 2.05) is 0 Å². The Kier molecular flexibility index (Phi) is 2.35. The molecular formula is C14H25N. The van der Waals surface area contributed by atoms with E-state index in [2.05, 4.69) is 6.92 Å². The molecule has 4 aliphatic carbocycles. The Morgan fingerprint density at radius 2 is 1.53 bits per heavy atom. The highest BCUT2D eigenvalue weighted by Crippen LogP contribution is 2.63. The highest BCUT2D eigenvalue weighted by molar-refractivity contribution is 5.03. The van der Waals surface area contributed by atoms with Crippen molar-refractivity contribution in [1.29, 1.82) is 0 Å². The quantitative estimate of drug-likeness (QED) is 0.755. The molecule has 4 fully saturated rings. The van der Waals surface area contributed by atoms with Crippen molar-refractivity contribution in [1.82, 2.24) is 0 Å². The second-order valence-electron chi connectivity index (χ2n) is 6.76. The molecule has 0 aromatic rings. The average Bonchev–Trinajstić information content (AvgIpc) is 2.15. The minimum atomic E-state index is 0.730. The Hall–Kier alpha value is -0.0400. The molecule has 86 valence electrons. The molecule has 1 nitrogen and oxygen atoms in total. The van der Waals surface area contributed by atoms with Crippen molar-refractivity contribution < 1.29 is 0 Å². The molecule has 0 aromatic carbocycles. The van der Waals surface area contributed by atoms with Crippen LogP contribution in [-0.2, 0) is 0 Å². The van der Waals surface area contributed by atoms with Crippen molar-refractivity contribution in [2.75, 3.05) is 6.54 Å². The van der Waals surface area contributed by atoms with Crippen LogP contribution in [0.5, 0.6) is 0 Å². The third-order valence-corrected chi connectivity index (χ3v) is 5.73. The summed E-state index contributed by atoms with van der Waals surface area (Å²) in [6, 6.07) is 0. The van der Waals surface area contributed by atoms with E-state index in [0.29, 0.717) is 0 Å². The maximum absolute atomic E-state index is 5.75. The van der Waals surface area contributed by atoms with Crippen LogP contribution in [0.2, 0.25) is 0 Å². The van der Waals surface area contributed by atoms with Crippen LogP contribution in [0.15, 0.2) is 0 Å². The van der Waals surface area contributed by atoms with Gasteiger partial charge in [0.2, 0.25) is 0 Å². The molecule has 2 N–H and O–H groups in total. The van der Waals surface area contributed by atoms with Gasteiger partial charge in [-0.3, -0.25) is 0 Å². The van der Waals surface area contributed by atoms with Crippen LogP contribution < -0.4 is 5.73 Å². The first-order valence-corrected chi connectivity index (χ1v) is 6.92. The summed E-state index contributed by atoms with van der Waals surface area (Å²) in [5, 5.41) is 0. The van der Waals surface area contributed by atoms with Gasteiger partial charge < -0.3 is 5.73 Å². The van der Waals surface area contributed by atoms with Crippen LogP contribution in [0.4, 0.5) is 0 Å². The Labute approximate surface area is 93.8 Å². The summed E-state index contributed by atoms with van der Waals surface area (Å²) in [6.45, 7) is 3.36. The monoisotopic (exact) mass is 207 g/mol. The Morgan fingerprint density at radius 1 is 1.07 bits per heavy atom. The Balaban J connectivity index is 1.80. The van der Waals surface area contributed by atoms with E-state index >= 15 is 0 Å². The van der Waals surface area contributed by atoms with Gasteiger partial charge in [-0.05, 0) is 80.6 Å². The molecule has 4 saturated carbocycles. The molecule has 0 saturated heterocycles. The lowest BCUT2D eigenvalue weighted by Crippen LogP contribution is -2.49. The summed E-state index contributed by atoms with van der Waals surface area (Å²) >= 11 is 0. The highest BCUT2D eigenvalue weighted by Gasteiger charge is 2.52. The van der Waals surface area contributed by atoms with Gasteiger partial charge in [0.05, 0.1) is 0 Å². The fourth-order valence-electron chi connectivity index (χ4n) is 5.34. The molecule has 4 aliphatic rings.